The van der Waals surface area contributed by atoms with E-state index in [9.17, 15) is 0 Å². The van der Waals surface area contributed by atoms with E-state index in [-0.39, 0.29) is 0 Å². The van der Waals surface area contributed by atoms with Crippen molar-refractivity contribution in [3.63, 3.8) is 0 Å². The smallest absolute Gasteiger partial charge is 0.167 e. The number of benzene rings is 3. The summed E-state index contributed by atoms with van der Waals surface area (Å²) >= 11 is 0. The summed E-state index contributed by atoms with van der Waals surface area (Å²) in [5.41, 5.74) is 6.37. The van der Waals surface area contributed by atoms with Crippen LogP contribution in [0.2, 0.25) is 0 Å². The topological polar surface area (TPSA) is 53.7 Å². The van der Waals surface area contributed by atoms with Crippen molar-refractivity contribution in [3.05, 3.63) is 83.6 Å². The molecule has 0 amide bonds. The Labute approximate surface area is 181 Å². The fourth-order valence-electron chi connectivity index (χ4n) is 3.74. The van der Waals surface area contributed by atoms with Gasteiger partial charge in [-0.15, -0.1) is 0 Å². The van der Waals surface area contributed by atoms with Crippen molar-refractivity contribution < 1.29 is 18.7 Å². The Kier molecular flexibility index (Phi) is 5.08. The maximum absolute atomic E-state index is 6.02. The number of aryl methyl sites for hydroxylation is 2. The van der Waals surface area contributed by atoms with Crippen LogP contribution >= 0.6 is 0 Å². The SMILES string of the molecule is Cc1cc(-c2ccccc2C)ccc1OCc1cc(-c2ccc3c(c2)OCCO3)on1. The molecular formula is C26H23NO4. The number of hydrogen-bond donors (Lipinski definition) is 0. The molecule has 1 aliphatic rings. The number of nitrogens with zero attached hydrogens (tertiary/aromatic N) is 1. The number of rotatable bonds is 5. The molecule has 0 spiro atoms. The third kappa shape index (κ3) is 3.99. The van der Waals surface area contributed by atoms with Gasteiger partial charge in [-0.2, -0.15) is 0 Å². The standard InChI is InChI=1S/C26H23NO4/c1-17-5-3-4-6-22(17)19-7-9-23(18(2)13-19)30-16-21-15-25(31-27-21)20-8-10-24-26(14-20)29-12-11-28-24/h3-10,13-15H,11-12,16H2,1-2H3. The van der Waals surface area contributed by atoms with Gasteiger partial charge in [-0.05, 0) is 66.4 Å². The van der Waals surface area contributed by atoms with Crippen molar-refractivity contribution in [2.45, 2.75) is 20.5 Å². The van der Waals surface area contributed by atoms with E-state index in [0.29, 0.717) is 25.6 Å². The molecular weight excluding hydrogens is 390 g/mol. The summed E-state index contributed by atoms with van der Waals surface area (Å²) in [7, 11) is 0. The minimum Gasteiger partial charge on any atom is -0.487 e. The van der Waals surface area contributed by atoms with Crippen molar-refractivity contribution in [1.29, 1.82) is 0 Å². The van der Waals surface area contributed by atoms with Gasteiger partial charge in [0, 0.05) is 11.6 Å². The molecule has 31 heavy (non-hydrogen) atoms. The lowest BCUT2D eigenvalue weighted by molar-refractivity contribution is 0.171. The Morgan fingerprint density at radius 1 is 0.806 bits per heavy atom. The number of ether oxygens (including phenoxy) is 3. The zero-order valence-corrected chi connectivity index (χ0v) is 17.6. The molecule has 1 aromatic heterocycles. The second kappa shape index (κ2) is 8.19. The van der Waals surface area contributed by atoms with Crippen molar-refractivity contribution in [1.82, 2.24) is 5.16 Å². The summed E-state index contributed by atoms with van der Waals surface area (Å²) in [6.07, 6.45) is 0. The number of aromatic nitrogens is 1. The average Bonchev–Trinajstić information content (AvgIpc) is 3.27. The van der Waals surface area contributed by atoms with E-state index in [4.69, 9.17) is 18.7 Å². The summed E-state index contributed by atoms with van der Waals surface area (Å²) in [4.78, 5) is 0. The summed E-state index contributed by atoms with van der Waals surface area (Å²) in [5.74, 6) is 2.98. The lowest BCUT2D eigenvalue weighted by Crippen LogP contribution is -2.15. The van der Waals surface area contributed by atoms with E-state index in [2.05, 4.69) is 55.4 Å². The highest BCUT2D eigenvalue weighted by Crippen LogP contribution is 2.35. The molecule has 2 heterocycles. The van der Waals surface area contributed by atoms with Crippen molar-refractivity contribution in [2.24, 2.45) is 0 Å². The van der Waals surface area contributed by atoms with Crippen LogP contribution in [0, 0.1) is 13.8 Å². The first-order valence-electron chi connectivity index (χ1n) is 10.3. The first kappa shape index (κ1) is 19.2. The van der Waals surface area contributed by atoms with Crippen LogP contribution in [-0.4, -0.2) is 18.4 Å². The predicted molar refractivity (Wildman–Crippen MR) is 119 cm³/mol. The molecule has 0 bridgehead atoms. The third-order valence-corrected chi connectivity index (χ3v) is 5.39. The maximum Gasteiger partial charge on any atom is 0.167 e. The lowest BCUT2D eigenvalue weighted by Gasteiger charge is -2.18. The molecule has 0 radical (unpaired) electrons. The minimum absolute atomic E-state index is 0.332. The summed E-state index contributed by atoms with van der Waals surface area (Å²) < 4.78 is 22.8. The number of fused-ring (bicyclic) bond motifs is 1. The highest BCUT2D eigenvalue weighted by molar-refractivity contribution is 5.69. The van der Waals surface area contributed by atoms with Gasteiger partial charge >= 0.3 is 0 Å². The van der Waals surface area contributed by atoms with Gasteiger partial charge in [0.1, 0.15) is 31.3 Å². The Morgan fingerprint density at radius 2 is 1.61 bits per heavy atom. The van der Waals surface area contributed by atoms with E-state index in [1.54, 1.807) is 0 Å². The fraction of sp³-hybridized carbons (Fsp3) is 0.192. The monoisotopic (exact) mass is 413 g/mol. The Bertz CT molecular complexity index is 1230. The van der Waals surface area contributed by atoms with Crippen LogP contribution in [0.15, 0.2) is 71.3 Å². The quantitative estimate of drug-likeness (QED) is 0.403. The van der Waals surface area contributed by atoms with Crippen LogP contribution in [0.3, 0.4) is 0 Å². The molecule has 5 nitrogen and oxygen atoms in total. The lowest BCUT2D eigenvalue weighted by atomic mass is 9.99. The minimum atomic E-state index is 0.332. The van der Waals surface area contributed by atoms with E-state index >= 15 is 0 Å². The van der Waals surface area contributed by atoms with Crippen LogP contribution < -0.4 is 14.2 Å². The largest absolute Gasteiger partial charge is 0.487 e. The van der Waals surface area contributed by atoms with E-state index in [0.717, 1.165) is 34.1 Å². The molecule has 0 N–H and O–H groups in total. The molecule has 0 saturated carbocycles. The molecule has 0 aliphatic carbocycles. The van der Waals surface area contributed by atoms with Gasteiger partial charge in [-0.1, -0.05) is 35.5 Å². The van der Waals surface area contributed by atoms with E-state index in [1.165, 1.54) is 16.7 Å². The second-order valence-corrected chi connectivity index (χ2v) is 7.62. The highest BCUT2D eigenvalue weighted by atomic mass is 16.6. The summed E-state index contributed by atoms with van der Waals surface area (Å²) in [6.45, 7) is 5.63. The Morgan fingerprint density at radius 3 is 2.45 bits per heavy atom. The molecule has 0 unspecified atom stereocenters. The molecule has 0 fully saturated rings. The van der Waals surface area contributed by atoms with Crippen molar-refractivity contribution in [2.75, 3.05) is 13.2 Å². The van der Waals surface area contributed by atoms with Crippen molar-refractivity contribution in [3.8, 4) is 39.7 Å². The summed E-state index contributed by atoms with van der Waals surface area (Å²) in [5, 5.41) is 4.15. The average molecular weight is 413 g/mol. The van der Waals surface area contributed by atoms with Gasteiger partial charge in [-0.25, -0.2) is 0 Å². The molecule has 156 valence electrons. The predicted octanol–water partition coefficient (Wildman–Crippen LogP) is 5.98. The van der Waals surface area contributed by atoms with Gasteiger partial charge < -0.3 is 18.7 Å². The van der Waals surface area contributed by atoms with Gasteiger partial charge in [0.25, 0.3) is 0 Å². The highest BCUT2D eigenvalue weighted by Gasteiger charge is 2.15. The first-order chi connectivity index (χ1) is 15.2. The number of hydrogen-bond acceptors (Lipinski definition) is 5. The van der Waals surface area contributed by atoms with Crippen LogP contribution in [0.1, 0.15) is 16.8 Å². The Balaban J connectivity index is 1.29. The van der Waals surface area contributed by atoms with Crippen LogP contribution in [-0.2, 0) is 6.61 Å². The Hall–Kier alpha value is -3.73. The van der Waals surface area contributed by atoms with Crippen molar-refractivity contribution >= 4 is 0 Å². The van der Waals surface area contributed by atoms with E-state index < -0.39 is 0 Å². The third-order valence-electron chi connectivity index (χ3n) is 5.39. The van der Waals surface area contributed by atoms with E-state index in [1.807, 2.05) is 30.3 Å². The fourth-order valence-corrected chi connectivity index (χ4v) is 3.74. The van der Waals surface area contributed by atoms with Crippen LogP contribution in [0.4, 0.5) is 0 Å². The summed E-state index contributed by atoms with van der Waals surface area (Å²) in [6, 6.07) is 22.3. The second-order valence-electron chi connectivity index (χ2n) is 7.62. The maximum atomic E-state index is 6.02. The molecule has 3 aromatic carbocycles. The van der Waals surface area contributed by atoms with Gasteiger partial charge in [0.05, 0.1) is 0 Å². The van der Waals surface area contributed by atoms with Crippen LogP contribution in [0.5, 0.6) is 17.2 Å². The van der Waals surface area contributed by atoms with Gasteiger partial charge in [0.15, 0.2) is 17.3 Å². The molecule has 1 aliphatic heterocycles. The normalized spacial score (nSPS) is 12.6. The zero-order chi connectivity index (χ0) is 21.2. The first-order valence-corrected chi connectivity index (χ1v) is 10.3. The van der Waals surface area contributed by atoms with Gasteiger partial charge in [-0.3, -0.25) is 0 Å². The molecule has 4 aromatic rings. The zero-order valence-electron chi connectivity index (χ0n) is 17.6. The molecule has 5 heteroatoms. The molecule has 0 atom stereocenters. The van der Waals surface area contributed by atoms with Crippen LogP contribution in [0.25, 0.3) is 22.5 Å². The van der Waals surface area contributed by atoms with Gasteiger partial charge in [0.2, 0.25) is 0 Å². The molecule has 0 saturated heterocycles. The molecule has 5 rings (SSSR count).